The van der Waals surface area contributed by atoms with Crippen LogP contribution in [0.2, 0.25) is 0 Å². The quantitative estimate of drug-likeness (QED) is 0.597. The average Bonchev–Trinajstić information content (AvgIpc) is 3.17. The Morgan fingerprint density at radius 3 is 2.77 bits per heavy atom. The topological polar surface area (TPSA) is 73.5 Å². The number of hydrogen-bond acceptors (Lipinski definition) is 4. The van der Waals surface area contributed by atoms with Crippen LogP contribution in [0.3, 0.4) is 0 Å². The summed E-state index contributed by atoms with van der Waals surface area (Å²) in [6.45, 7) is 9.70. The first-order valence-electron chi connectivity index (χ1n) is 9.73. The molecule has 1 heterocycles. The van der Waals surface area contributed by atoms with Crippen LogP contribution in [0.4, 0.5) is 5.69 Å². The van der Waals surface area contributed by atoms with Crippen molar-refractivity contribution in [2.24, 2.45) is 5.92 Å². The molecule has 1 aliphatic rings. The minimum Gasteiger partial charge on any atom is -0.351 e. The fraction of sp³-hybridized carbons (Fsp3) is 0.600. The Hall–Kier alpha value is -1.92. The molecule has 1 fully saturated rings. The zero-order valence-corrected chi connectivity index (χ0v) is 16.0. The van der Waals surface area contributed by atoms with Gasteiger partial charge in [0.05, 0.1) is 0 Å². The third kappa shape index (κ3) is 6.77. The molecule has 144 valence electrons. The minimum absolute atomic E-state index is 0.0102. The lowest BCUT2D eigenvalue weighted by atomic mass is 10.0. The predicted molar refractivity (Wildman–Crippen MR) is 105 cm³/mol. The van der Waals surface area contributed by atoms with Gasteiger partial charge < -0.3 is 20.9 Å². The Morgan fingerprint density at radius 1 is 1.27 bits per heavy atom. The maximum atomic E-state index is 12.3. The Kier molecular flexibility index (Phi) is 8.58. The molecule has 0 aromatic heterocycles. The smallest absolute Gasteiger partial charge is 0.251 e. The third-order valence-electron chi connectivity index (χ3n) is 4.96. The molecule has 1 unspecified atom stereocenters. The molecular formula is C20H32N4O2. The van der Waals surface area contributed by atoms with Crippen LogP contribution in [0.25, 0.3) is 0 Å². The van der Waals surface area contributed by atoms with Gasteiger partial charge in [-0.2, -0.15) is 0 Å². The molecule has 2 rings (SSSR count). The van der Waals surface area contributed by atoms with E-state index in [0.29, 0.717) is 30.1 Å². The number of amides is 2. The van der Waals surface area contributed by atoms with Gasteiger partial charge in [-0.05, 0) is 63.1 Å². The number of anilines is 1. The number of hydrogen-bond donors (Lipinski definition) is 3. The van der Waals surface area contributed by atoms with Crippen LogP contribution in [0.5, 0.6) is 0 Å². The van der Waals surface area contributed by atoms with Gasteiger partial charge in [0.2, 0.25) is 5.91 Å². The van der Waals surface area contributed by atoms with Gasteiger partial charge in [0.1, 0.15) is 0 Å². The van der Waals surface area contributed by atoms with E-state index < -0.39 is 0 Å². The fourth-order valence-electron chi connectivity index (χ4n) is 3.23. The molecule has 26 heavy (non-hydrogen) atoms. The van der Waals surface area contributed by atoms with E-state index in [2.05, 4.69) is 34.7 Å². The van der Waals surface area contributed by atoms with Crippen LogP contribution < -0.4 is 16.0 Å². The standard InChI is InChI=1S/C20H32N4O2/c1-3-24(4-2)13-12-22-20(26)17-6-5-7-18(14-17)23-19(25)9-8-16-10-11-21-15-16/h5-7,14,16,21H,3-4,8-13,15H2,1-2H3,(H,22,26)(H,23,25). The molecule has 2 amide bonds. The van der Waals surface area contributed by atoms with E-state index in [-0.39, 0.29) is 11.8 Å². The van der Waals surface area contributed by atoms with Gasteiger partial charge in [-0.3, -0.25) is 9.59 Å². The minimum atomic E-state index is -0.106. The van der Waals surface area contributed by atoms with Gasteiger partial charge in [0.15, 0.2) is 0 Å². The molecule has 0 aliphatic carbocycles. The summed E-state index contributed by atoms with van der Waals surface area (Å²) in [7, 11) is 0. The molecule has 0 spiro atoms. The zero-order valence-electron chi connectivity index (χ0n) is 16.0. The molecule has 0 saturated carbocycles. The van der Waals surface area contributed by atoms with Crippen LogP contribution in [0.1, 0.15) is 43.5 Å². The summed E-state index contributed by atoms with van der Waals surface area (Å²) in [5.41, 5.74) is 1.25. The first-order chi connectivity index (χ1) is 12.6. The zero-order chi connectivity index (χ0) is 18.8. The molecule has 1 aliphatic heterocycles. The van der Waals surface area contributed by atoms with Crippen LogP contribution in [0.15, 0.2) is 24.3 Å². The summed E-state index contributed by atoms with van der Waals surface area (Å²) in [4.78, 5) is 26.7. The van der Waals surface area contributed by atoms with E-state index in [0.717, 1.165) is 45.6 Å². The molecule has 1 atom stereocenters. The molecule has 3 N–H and O–H groups in total. The first-order valence-corrected chi connectivity index (χ1v) is 9.73. The first kappa shape index (κ1) is 20.4. The third-order valence-corrected chi connectivity index (χ3v) is 4.96. The molecule has 0 bridgehead atoms. The largest absolute Gasteiger partial charge is 0.351 e. The lowest BCUT2D eigenvalue weighted by molar-refractivity contribution is -0.116. The van der Waals surface area contributed by atoms with Crippen LogP contribution in [-0.4, -0.2) is 56.0 Å². The van der Waals surface area contributed by atoms with E-state index in [9.17, 15) is 9.59 Å². The number of rotatable bonds is 10. The van der Waals surface area contributed by atoms with Crippen molar-refractivity contribution < 1.29 is 9.59 Å². The van der Waals surface area contributed by atoms with Crippen molar-refractivity contribution >= 4 is 17.5 Å². The predicted octanol–water partition coefficient (Wildman–Crippen LogP) is 2.09. The highest BCUT2D eigenvalue weighted by molar-refractivity contribution is 5.97. The second kappa shape index (κ2) is 10.9. The highest BCUT2D eigenvalue weighted by Crippen LogP contribution is 2.16. The summed E-state index contributed by atoms with van der Waals surface area (Å²) < 4.78 is 0. The van der Waals surface area contributed by atoms with E-state index in [4.69, 9.17) is 0 Å². The Bertz CT molecular complexity index is 581. The summed E-state index contributed by atoms with van der Waals surface area (Å²) >= 11 is 0. The molecule has 1 aromatic carbocycles. The van der Waals surface area contributed by atoms with Crippen LogP contribution in [-0.2, 0) is 4.79 Å². The summed E-state index contributed by atoms with van der Waals surface area (Å²) in [6, 6.07) is 7.13. The Morgan fingerprint density at radius 2 is 2.08 bits per heavy atom. The Balaban J connectivity index is 1.78. The molecule has 1 saturated heterocycles. The normalized spacial score (nSPS) is 16.7. The second-order valence-electron chi connectivity index (χ2n) is 6.81. The number of nitrogens with one attached hydrogen (secondary N) is 3. The van der Waals surface area contributed by atoms with Crippen molar-refractivity contribution in [3.8, 4) is 0 Å². The van der Waals surface area contributed by atoms with Gasteiger partial charge in [-0.25, -0.2) is 0 Å². The van der Waals surface area contributed by atoms with Gasteiger partial charge in [-0.15, -0.1) is 0 Å². The summed E-state index contributed by atoms with van der Waals surface area (Å²) in [5, 5.41) is 9.16. The second-order valence-corrected chi connectivity index (χ2v) is 6.81. The summed E-state index contributed by atoms with van der Waals surface area (Å²) in [5.74, 6) is 0.505. The fourth-order valence-corrected chi connectivity index (χ4v) is 3.23. The molecule has 6 nitrogen and oxygen atoms in total. The SMILES string of the molecule is CCN(CC)CCNC(=O)c1cccc(NC(=O)CCC2CCNC2)c1. The number of benzene rings is 1. The number of likely N-dealkylation sites (N-methyl/N-ethyl adjacent to an activating group) is 1. The van der Waals surface area contributed by atoms with Gasteiger partial charge in [-0.1, -0.05) is 19.9 Å². The number of nitrogens with zero attached hydrogens (tertiary/aromatic N) is 1. The van der Waals surface area contributed by atoms with Crippen molar-refractivity contribution in [1.82, 2.24) is 15.5 Å². The van der Waals surface area contributed by atoms with Crippen LogP contribution in [0, 0.1) is 5.92 Å². The van der Waals surface area contributed by atoms with E-state index in [1.165, 1.54) is 0 Å². The van der Waals surface area contributed by atoms with Gasteiger partial charge in [0.25, 0.3) is 5.91 Å². The Labute approximate surface area is 156 Å². The van der Waals surface area contributed by atoms with Crippen molar-refractivity contribution in [3.05, 3.63) is 29.8 Å². The van der Waals surface area contributed by atoms with Crippen molar-refractivity contribution in [2.75, 3.05) is 44.6 Å². The van der Waals surface area contributed by atoms with Crippen LogP contribution >= 0.6 is 0 Å². The molecule has 6 heteroatoms. The van der Waals surface area contributed by atoms with E-state index >= 15 is 0 Å². The maximum absolute atomic E-state index is 12.3. The molecular weight excluding hydrogens is 328 g/mol. The van der Waals surface area contributed by atoms with E-state index in [1.54, 1.807) is 18.2 Å². The lowest BCUT2D eigenvalue weighted by Crippen LogP contribution is -2.34. The van der Waals surface area contributed by atoms with Crippen molar-refractivity contribution in [3.63, 3.8) is 0 Å². The van der Waals surface area contributed by atoms with Crippen molar-refractivity contribution in [1.29, 1.82) is 0 Å². The maximum Gasteiger partial charge on any atom is 0.251 e. The summed E-state index contributed by atoms with van der Waals surface area (Å²) in [6.07, 6.45) is 2.58. The number of carbonyl (C=O) groups excluding carboxylic acids is 2. The average molecular weight is 361 g/mol. The van der Waals surface area contributed by atoms with Crippen molar-refractivity contribution in [2.45, 2.75) is 33.1 Å². The highest BCUT2D eigenvalue weighted by atomic mass is 16.2. The van der Waals surface area contributed by atoms with E-state index in [1.807, 2.05) is 6.07 Å². The highest BCUT2D eigenvalue weighted by Gasteiger charge is 2.16. The monoisotopic (exact) mass is 360 g/mol. The lowest BCUT2D eigenvalue weighted by Gasteiger charge is -2.18. The van der Waals surface area contributed by atoms with Gasteiger partial charge in [0, 0.05) is 30.8 Å². The number of carbonyl (C=O) groups is 2. The molecule has 0 radical (unpaired) electrons. The molecule has 1 aromatic rings. The van der Waals surface area contributed by atoms with Gasteiger partial charge >= 0.3 is 0 Å².